The Morgan fingerprint density at radius 3 is 2.59 bits per heavy atom. The molecule has 6 aromatic rings. The number of nitrogens with zero attached hydrogens (tertiary/aromatic N) is 6. The van der Waals surface area contributed by atoms with E-state index in [2.05, 4.69) is 30.5 Å². The van der Waals surface area contributed by atoms with Crippen molar-refractivity contribution in [3.05, 3.63) is 136 Å². The number of nitro groups is 1. The number of benzene rings is 3. The minimum absolute atomic E-state index is 0.0601. The number of thiazole rings is 1. The van der Waals surface area contributed by atoms with Gasteiger partial charge in [0, 0.05) is 73.4 Å². The van der Waals surface area contributed by atoms with Crippen LogP contribution in [0.15, 0.2) is 113 Å². The van der Waals surface area contributed by atoms with Crippen molar-refractivity contribution in [2.24, 2.45) is 0 Å². The quantitative estimate of drug-likeness (QED) is 0.0449. The molecule has 3 aromatic heterocycles. The van der Waals surface area contributed by atoms with Gasteiger partial charge in [0.25, 0.3) is 11.6 Å². The number of amides is 1. The van der Waals surface area contributed by atoms with E-state index in [0.717, 1.165) is 51.9 Å². The molecule has 15 nitrogen and oxygen atoms in total. The zero-order chi connectivity index (χ0) is 42.3. The molecule has 0 saturated carbocycles. The van der Waals surface area contributed by atoms with Crippen LogP contribution >= 0.6 is 23.1 Å². The molecule has 0 radical (unpaired) electrons. The normalized spacial score (nSPS) is 14.9. The van der Waals surface area contributed by atoms with Crippen molar-refractivity contribution in [1.82, 2.24) is 19.9 Å². The summed E-state index contributed by atoms with van der Waals surface area (Å²) < 4.78 is 33.7. The molecular weight excluding hydrogens is 837 g/mol. The van der Waals surface area contributed by atoms with Crippen LogP contribution < -0.4 is 15.5 Å². The first-order valence-electron chi connectivity index (χ1n) is 19.7. The van der Waals surface area contributed by atoms with Crippen LogP contribution in [0.3, 0.4) is 0 Å². The largest absolute Gasteiger partial charge is 0.379 e. The Bertz CT molecular complexity index is 2640. The Hall–Kier alpha value is -5.79. The minimum Gasteiger partial charge on any atom is -0.379 e. The van der Waals surface area contributed by atoms with Crippen molar-refractivity contribution in [3.63, 3.8) is 0 Å². The second kappa shape index (κ2) is 18.9. The lowest BCUT2D eigenvalue weighted by Gasteiger charge is -2.31. The number of ether oxygens (including phenoxy) is 1. The maximum absolute atomic E-state index is 13.7. The summed E-state index contributed by atoms with van der Waals surface area (Å²) >= 11 is 2.97. The van der Waals surface area contributed by atoms with Crippen LogP contribution in [0.4, 0.5) is 22.3 Å². The van der Waals surface area contributed by atoms with Gasteiger partial charge in [-0.05, 0) is 72.5 Å². The van der Waals surface area contributed by atoms with Crippen molar-refractivity contribution in [2.75, 3.05) is 66.4 Å². The molecule has 0 bridgehead atoms. The van der Waals surface area contributed by atoms with Gasteiger partial charge in [0.1, 0.15) is 23.0 Å². The predicted octanol–water partition coefficient (Wildman–Crippen LogP) is 6.76. The fourth-order valence-corrected chi connectivity index (χ4v) is 10.4. The highest BCUT2D eigenvalue weighted by atomic mass is 32.2. The van der Waals surface area contributed by atoms with E-state index in [0.29, 0.717) is 61.4 Å². The molecule has 18 heteroatoms. The van der Waals surface area contributed by atoms with Gasteiger partial charge in [-0.15, -0.1) is 11.8 Å². The van der Waals surface area contributed by atoms with Gasteiger partial charge in [0.2, 0.25) is 0 Å². The molecule has 0 aliphatic carbocycles. The number of thioether (sulfide) groups is 1. The van der Waals surface area contributed by atoms with Crippen LogP contribution in [-0.4, -0.2) is 102 Å². The lowest BCUT2D eigenvalue weighted by atomic mass is 9.94. The molecule has 1 fully saturated rings. The summed E-state index contributed by atoms with van der Waals surface area (Å²) in [5.74, 6) is -0.921. The molecule has 1 saturated heterocycles. The van der Waals surface area contributed by atoms with Gasteiger partial charge in [0.05, 0.1) is 33.2 Å². The molecular formula is C43H42N8O7S3. The molecule has 2 aliphatic heterocycles. The highest BCUT2D eigenvalue weighted by Gasteiger charge is 2.28. The Morgan fingerprint density at radius 1 is 0.967 bits per heavy atom. The maximum atomic E-state index is 13.7. The number of aromatic nitrogens is 3. The van der Waals surface area contributed by atoms with Crippen LogP contribution in [0, 0.1) is 10.1 Å². The highest BCUT2D eigenvalue weighted by Crippen LogP contribution is 2.32. The fraction of sp³-hybridized carbons (Fsp3) is 0.279. The van der Waals surface area contributed by atoms with Crippen LogP contribution in [0.25, 0.3) is 10.2 Å². The van der Waals surface area contributed by atoms with Crippen LogP contribution in [0.5, 0.6) is 0 Å². The van der Waals surface area contributed by atoms with Crippen molar-refractivity contribution in [2.45, 2.75) is 35.2 Å². The second-order valence-electron chi connectivity index (χ2n) is 14.6. The molecule has 314 valence electrons. The number of rotatable bonds is 16. The fourth-order valence-electron chi connectivity index (χ4n) is 7.34. The lowest BCUT2D eigenvalue weighted by molar-refractivity contribution is -0.384. The standard InChI is InChI=1S/C43H42N8O7S3/c52-39(36-10-5-11-41(46-36)50-19-15-29-6-4-9-33(34(29)26-50)42(53)48-43-47-37-14-17-44-25-40(37)60-43)28-61(56,57)32-12-13-35(38(24-32)51(54)55)45-30(16-18-49-20-22-58-23-21-49)27-59-31-7-2-1-3-8-31/h1-14,17,24-25,30,45H,15-16,18-23,26-28H2,(H,47,48,53)/t30-/m1/s1. The SMILES string of the molecule is O=C(CS(=O)(=O)c1ccc(N[C@H](CCN2CCOCC2)CSc2ccccc2)c([N+](=O)[O-])c1)c1cccc(N2CCc3cccc(C(=O)Nc4nc5ccncc5s4)c3C2)n1. The topological polar surface area (TPSA) is 190 Å². The molecule has 1 atom stereocenters. The van der Waals surface area contributed by atoms with E-state index >= 15 is 0 Å². The number of Topliss-reactive ketones (excluding diaryl/α,β-unsaturated/α-hetero) is 1. The van der Waals surface area contributed by atoms with Gasteiger partial charge in [0.15, 0.2) is 20.8 Å². The number of hydrogen-bond acceptors (Lipinski definition) is 15. The van der Waals surface area contributed by atoms with Gasteiger partial charge in [-0.2, -0.15) is 0 Å². The maximum Gasteiger partial charge on any atom is 0.293 e. The third-order valence-corrected chi connectivity index (χ3v) is 14.3. The molecule has 2 N–H and O–H groups in total. The summed E-state index contributed by atoms with van der Waals surface area (Å²) in [6.07, 6.45) is 4.66. The predicted molar refractivity (Wildman–Crippen MR) is 237 cm³/mol. The Balaban J connectivity index is 0.950. The molecule has 61 heavy (non-hydrogen) atoms. The first kappa shape index (κ1) is 41.9. The number of nitrogens with one attached hydrogen (secondary N) is 2. The number of fused-ring (bicyclic) bond motifs is 2. The van der Waals surface area contributed by atoms with Crippen molar-refractivity contribution < 1.29 is 27.7 Å². The number of sulfone groups is 1. The molecule has 2 aliphatic rings. The first-order valence-corrected chi connectivity index (χ1v) is 23.2. The lowest BCUT2D eigenvalue weighted by Crippen LogP contribution is -2.39. The van der Waals surface area contributed by atoms with Crippen LogP contribution in [0.2, 0.25) is 0 Å². The summed E-state index contributed by atoms with van der Waals surface area (Å²) in [5.41, 5.74) is 2.80. The Labute approximate surface area is 360 Å². The van der Waals surface area contributed by atoms with Gasteiger partial charge in [-0.3, -0.25) is 34.9 Å². The van der Waals surface area contributed by atoms with Crippen LogP contribution in [-0.2, 0) is 27.5 Å². The number of anilines is 3. The van der Waals surface area contributed by atoms with E-state index in [1.807, 2.05) is 47.4 Å². The van der Waals surface area contributed by atoms with E-state index in [-0.39, 0.29) is 28.2 Å². The van der Waals surface area contributed by atoms with Gasteiger partial charge < -0.3 is 15.0 Å². The summed E-state index contributed by atoms with van der Waals surface area (Å²) in [4.78, 5) is 57.1. The summed E-state index contributed by atoms with van der Waals surface area (Å²) in [7, 11) is -4.32. The minimum atomic E-state index is -4.32. The number of carbonyl (C=O) groups excluding carboxylic acids is 2. The summed E-state index contributed by atoms with van der Waals surface area (Å²) in [5, 5.41) is 19.1. The van der Waals surface area contributed by atoms with Gasteiger partial charge in [-0.25, -0.2) is 18.4 Å². The average molecular weight is 879 g/mol. The molecule has 1 amide bonds. The molecule has 0 spiro atoms. The van der Waals surface area contributed by atoms with E-state index < -0.39 is 32.0 Å². The first-order chi connectivity index (χ1) is 29.6. The Kier molecular flexibility index (Phi) is 13.0. The smallest absolute Gasteiger partial charge is 0.293 e. The number of nitro benzene ring substituents is 1. The number of ketones is 1. The molecule has 3 aromatic carbocycles. The number of morpholine rings is 1. The molecule has 0 unspecified atom stereocenters. The van der Waals surface area contributed by atoms with Crippen molar-refractivity contribution in [3.8, 4) is 0 Å². The monoisotopic (exact) mass is 878 g/mol. The summed E-state index contributed by atoms with van der Waals surface area (Å²) in [6, 6.07) is 25.6. The average Bonchev–Trinajstić information content (AvgIpc) is 3.69. The van der Waals surface area contributed by atoms with E-state index in [1.54, 1.807) is 48.4 Å². The molecule has 8 rings (SSSR count). The number of pyridine rings is 2. The zero-order valence-electron chi connectivity index (χ0n) is 32.9. The third-order valence-electron chi connectivity index (χ3n) is 10.6. The van der Waals surface area contributed by atoms with Gasteiger partial charge >= 0.3 is 0 Å². The highest BCUT2D eigenvalue weighted by molar-refractivity contribution is 7.99. The van der Waals surface area contributed by atoms with Crippen molar-refractivity contribution in [1.29, 1.82) is 0 Å². The number of carbonyl (C=O) groups is 2. The van der Waals surface area contributed by atoms with E-state index in [1.165, 1.54) is 29.5 Å². The Morgan fingerprint density at radius 2 is 1.79 bits per heavy atom. The van der Waals surface area contributed by atoms with E-state index in [9.17, 15) is 28.1 Å². The second-order valence-corrected chi connectivity index (χ2v) is 18.8. The van der Waals surface area contributed by atoms with E-state index in [4.69, 9.17) is 4.74 Å². The summed E-state index contributed by atoms with van der Waals surface area (Å²) in [6.45, 7) is 4.57. The van der Waals surface area contributed by atoms with Crippen LogP contribution in [0.1, 0.15) is 38.4 Å². The zero-order valence-corrected chi connectivity index (χ0v) is 35.4. The third kappa shape index (κ3) is 10.2. The van der Waals surface area contributed by atoms with Crippen molar-refractivity contribution >= 4 is 77.2 Å². The number of hydrogen-bond donors (Lipinski definition) is 2. The van der Waals surface area contributed by atoms with Gasteiger partial charge in [-0.1, -0.05) is 47.7 Å². The molecule has 5 heterocycles.